The van der Waals surface area contributed by atoms with Crippen LogP contribution in [0, 0.1) is 6.92 Å². The summed E-state index contributed by atoms with van der Waals surface area (Å²) in [6, 6.07) is 1.55. The van der Waals surface area contributed by atoms with E-state index >= 15 is 0 Å². The molecular weight excluding hydrogens is 354 g/mol. The minimum atomic E-state index is -2.99. The third-order valence-electron chi connectivity index (χ3n) is 4.41. The molecule has 1 atom stereocenters. The summed E-state index contributed by atoms with van der Waals surface area (Å²) in [5, 5.41) is 2.88. The van der Waals surface area contributed by atoms with Gasteiger partial charge in [0.25, 0.3) is 5.91 Å². The summed E-state index contributed by atoms with van der Waals surface area (Å²) in [5.41, 5.74) is 0.316. The summed E-state index contributed by atoms with van der Waals surface area (Å²) in [7, 11) is 0.996. The normalized spacial score (nSPS) is 18.9. The maximum atomic E-state index is 12.4. The van der Waals surface area contributed by atoms with Gasteiger partial charge in [0.2, 0.25) is 0 Å². The first kappa shape index (κ1) is 20.6. The Morgan fingerprint density at radius 1 is 1.35 bits per heavy atom. The molecule has 9 heteroatoms. The number of carbonyl (C=O) groups is 1. The smallest absolute Gasteiger partial charge is 0.270 e. The second kappa shape index (κ2) is 8.77. The van der Waals surface area contributed by atoms with Gasteiger partial charge in [0.1, 0.15) is 17.3 Å². The zero-order valence-corrected chi connectivity index (χ0v) is 16.8. The van der Waals surface area contributed by atoms with Gasteiger partial charge in [0, 0.05) is 25.2 Å². The van der Waals surface area contributed by atoms with Crippen molar-refractivity contribution in [2.45, 2.75) is 32.7 Å². The van der Waals surface area contributed by atoms with Gasteiger partial charge in [-0.2, -0.15) is 0 Å². The van der Waals surface area contributed by atoms with Crippen LogP contribution < -0.4 is 10.2 Å². The lowest BCUT2D eigenvalue weighted by atomic mass is 10.2. The average Bonchev–Trinajstić information content (AvgIpc) is 2.91. The molecule has 1 N–H and O–H groups in total. The number of rotatable bonds is 8. The molecule has 26 heavy (non-hydrogen) atoms. The van der Waals surface area contributed by atoms with Gasteiger partial charge >= 0.3 is 0 Å². The van der Waals surface area contributed by atoms with E-state index in [1.807, 2.05) is 25.9 Å². The third-order valence-corrected chi connectivity index (χ3v) is 6.16. The Kier molecular flexibility index (Phi) is 6.94. The molecule has 1 aromatic rings. The molecule has 1 aliphatic rings. The summed E-state index contributed by atoms with van der Waals surface area (Å²) < 4.78 is 23.6. The highest BCUT2D eigenvalue weighted by atomic mass is 32.2. The monoisotopic (exact) mass is 383 g/mol. The van der Waals surface area contributed by atoms with Gasteiger partial charge in [-0.15, -0.1) is 0 Å². The third kappa shape index (κ3) is 5.63. The molecule has 1 fully saturated rings. The molecule has 1 aliphatic heterocycles. The highest BCUT2D eigenvalue weighted by Crippen LogP contribution is 2.23. The van der Waals surface area contributed by atoms with Gasteiger partial charge in [-0.3, -0.25) is 4.79 Å². The first-order valence-electron chi connectivity index (χ1n) is 8.97. The number of hydrogen-bond donors (Lipinski definition) is 1. The van der Waals surface area contributed by atoms with Crippen molar-refractivity contribution in [1.29, 1.82) is 0 Å². The molecule has 0 aromatic carbocycles. The number of carbonyl (C=O) groups excluding carboxylic acids is 1. The van der Waals surface area contributed by atoms with Crippen molar-refractivity contribution in [3.63, 3.8) is 0 Å². The molecule has 146 valence electrons. The molecule has 2 rings (SSSR count). The van der Waals surface area contributed by atoms with E-state index in [1.54, 1.807) is 13.0 Å². The molecule has 0 aliphatic carbocycles. The largest absolute Gasteiger partial charge is 0.353 e. The van der Waals surface area contributed by atoms with Gasteiger partial charge < -0.3 is 15.1 Å². The van der Waals surface area contributed by atoms with Gasteiger partial charge in [0.15, 0.2) is 9.84 Å². The first-order chi connectivity index (χ1) is 12.2. The van der Waals surface area contributed by atoms with E-state index in [0.717, 1.165) is 13.0 Å². The van der Waals surface area contributed by atoms with E-state index in [0.29, 0.717) is 36.8 Å². The van der Waals surface area contributed by atoms with Crippen LogP contribution in [0.1, 0.15) is 36.1 Å². The van der Waals surface area contributed by atoms with E-state index in [9.17, 15) is 13.2 Å². The minimum absolute atomic E-state index is 0.102. The number of sulfone groups is 1. The van der Waals surface area contributed by atoms with Gasteiger partial charge in [-0.25, -0.2) is 18.4 Å². The van der Waals surface area contributed by atoms with Crippen LogP contribution in [0.2, 0.25) is 0 Å². The fourth-order valence-electron chi connectivity index (χ4n) is 3.13. The Morgan fingerprint density at radius 2 is 2.08 bits per heavy atom. The second-order valence-corrected chi connectivity index (χ2v) is 9.14. The number of aromatic nitrogens is 2. The highest BCUT2D eigenvalue weighted by molar-refractivity contribution is 7.91. The maximum absolute atomic E-state index is 12.4. The fraction of sp³-hybridized carbons (Fsp3) is 0.706. The summed E-state index contributed by atoms with van der Waals surface area (Å²) in [6.45, 7) is 5.80. The van der Waals surface area contributed by atoms with Crippen LogP contribution >= 0.6 is 0 Å². The maximum Gasteiger partial charge on any atom is 0.270 e. The van der Waals surface area contributed by atoms with Crippen molar-refractivity contribution in [2.75, 3.05) is 50.1 Å². The van der Waals surface area contributed by atoms with E-state index < -0.39 is 9.84 Å². The SMILES string of the molecule is CCN(c1cc(C(=O)NCCCN(C)C)nc(C)n1)C1CCS(=O)(=O)C1. The number of nitrogens with zero attached hydrogens (tertiary/aromatic N) is 4. The number of amides is 1. The molecular formula is C17H29N5O3S. The van der Waals surface area contributed by atoms with Crippen molar-refractivity contribution >= 4 is 21.6 Å². The Labute approximate surface area is 155 Å². The van der Waals surface area contributed by atoms with Crippen molar-refractivity contribution < 1.29 is 13.2 Å². The standard InChI is InChI=1S/C17H29N5O3S/c1-5-22(14-7-10-26(24,25)12-14)16-11-15(19-13(2)20-16)17(23)18-8-6-9-21(3)4/h11,14H,5-10,12H2,1-4H3,(H,18,23). The van der Waals surface area contributed by atoms with E-state index in [4.69, 9.17) is 0 Å². The molecule has 0 radical (unpaired) electrons. The number of aryl methyl sites for hydroxylation is 1. The summed E-state index contributed by atoms with van der Waals surface area (Å²) in [4.78, 5) is 25.1. The molecule has 1 aromatic heterocycles. The molecule has 0 spiro atoms. The molecule has 0 saturated carbocycles. The summed E-state index contributed by atoms with van der Waals surface area (Å²) in [5.74, 6) is 1.22. The van der Waals surface area contributed by atoms with Crippen molar-refractivity contribution in [2.24, 2.45) is 0 Å². The fourth-order valence-corrected chi connectivity index (χ4v) is 4.86. The van der Waals surface area contributed by atoms with E-state index in [2.05, 4.69) is 20.2 Å². The van der Waals surface area contributed by atoms with Crippen LogP contribution in [0.5, 0.6) is 0 Å². The van der Waals surface area contributed by atoms with Crippen LogP contribution in [0.15, 0.2) is 6.07 Å². The first-order valence-corrected chi connectivity index (χ1v) is 10.8. The Morgan fingerprint density at radius 3 is 2.65 bits per heavy atom. The lowest BCUT2D eigenvalue weighted by molar-refractivity contribution is 0.0947. The zero-order chi connectivity index (χ0) is 19.3. The van der Waals surface area contributed by atoms with Crippen molar-refractivity contribution in [1.82, 2.24) is 20.2 Å². The Balaban J connectivity index is 2.11. The van der Waals surface area contributed by atoms with Crippen molar-refractivity contribution in [3.8, 4) is 0 Å². The second-order valence-electron chi connectivity index (χ2n) is 6.91. The summed E-state index contributed by atoms with van der Waals surface area (Å²) in [6.07, 6.45) is 1.45. The predicted octanol–water partition coefficient (Wildman–Crippen LogP) is 0.480. The topological polar surface area (TPSA) is 95.5 Å². The number of hydrogen-bond acceptors (Lipinski definition) is 7. The van der Waals surface area contributed by atoms with Crippen LogP contribution in [-0.4, -0.2) is 80.5 Å². The van der Waals surface area contributed by atoms with Crippen LogP contribution in [-0.2, 0) is 9.84 Å². The van der Waals surface area contributed by atoms with E-state index in [1.165, 1.54) is 0 Å². The quantitative estimate of drug-likeness (QED) is 0.652. The van der Waals surface area contributed by atoms with Gasteiger partial charge in [0.05, 0.1) is 11.5 Å². The molecule has 1 saturated heterocycles. The Bertz CT molecular complexity index is 736. The molecule has 1 amide bonds. The molecule has 2 heterocycles. The van der Waals surface area contributed by atoms with Gasteiger partial charge in [-0.05, 0) is 47.3 Å². The predicted molar refractivity (Wildman–Crippen MR) is 102 cm³/mol. The molecule has 8 nitrogen and oxygen atoms in total. The highest BCUT2D eigenvalue weighted by Gasteiger charge is 2.32. The van der Waals surface area contributed by atoms with Crippen molar-refractivity contribution in [3.05, 3.63) is 17.6 Å². The minimum Gasteiger partial charge on any atom is -0.353 e. The molecule has 1 unspecified atom stereocenters. The van der Waals surface area contributed by atoms with Crippen LogP contribution in [0.3, 0.4) is 0 Å². The van der Waals surface area contributed by atoms with E-state index in [-0.39, 0.29) is 23.5 Å². The zero-order valence-electron chi connectivity index (χ0n) is 16.0. The average molecular weight is 384 g/mol. The molecule has 0 bridgehead atoms. The van der Waals surface area contributed by atoms with Crippen LogP contribution in [0.25, 0.3) is 0 Å². The lowest BCUT2D eigenvalue weighted by Crippen LogP contribution is -2.37. The lowest BCUT2D eigenvalue weighted by Gasteiger charge is -2.28. The number of anilines is 1. The Hall–Kier alpha value is -1.74. The van der Waals surface area contributed by atoms with Gasteiger partial charge in [-0.1, -0.05) is 0 Å². The number of nitrogens with one attached hydrogen (secondary N) is 1. The summed E-state index contributed by atoms with van der Waals surface area (Å²) >= 11 is 0. The van der Waals surface area contributed by atoms with Crippen LogP contribution in [0.4, 0.5) is 5.82 Å².